The number of nitrogens with zero attached hydrogens (tertiary/aromatic N) is 1. The van der Waals surface area contributed by atoms with Crippen molar-refractivity contribution >= 4 is 24.0 Å². The lowest BCUT2D eigenvalue weighted by Crippen LogP contribution is -2.58. The Morgan fingerprint density at radius 2 is 1.46 bits per heavy atom. The average Bonchev–Trinajstić information content (AvgIpc) is 3.53. The number of hydrogen-bond acceptors (Lipinski definition) is 4. The van der Waals surface area contributed by atoms with Gasteiger partial charge in [0.15, 0.2) is 0 Å². The van der Waals surface area contributed by atoms with E-state index in [0.717, 1.165) is 35.0 Å². The van der Waals surface area contributed by atoms with Gasteiger partial charge in [-0.05, 0) is 56.9 Å². The lowest BCUT2D eigenvalue weighted by Gasteiger charge is -2.45. The molecule has 4 aromatic rings. The molecule has 39 heavy (non-hydrogen) atoms. The molecule has 2 fully saturated rings. The summed E-state index contributed by atoms with van der Waals surface area (Å²) in [5.74, 6) is -0.565. The van der Waals surface area contributed by atoms with Gasteiger partial charge in [-0.1, -0.05) is 78.9 Å². The molecule has 2 aliphatic heterocycles. The maximum absolute atomic E-state index is 13.8. The highest BCUT2D eigenvalue weighted by molar-refractivity contribution is 6.52. The molecular formula is C33H34BNO4. The predicted molar refractivity (Wildman–Crippen MR) is 152 cm³/mol. The summed E-state index contributed by atoms with van der Waals surface area (Å²) in [7, 11) is -0.668. The number of cyclic esters (lactones) is 1. The number of para-hydroxylation sites is 1. The van der Waals surface area contributed by atoms with Crippen LogP contribution in [0.2, 0.25) is 0 Å². The van der Waals surface area contributed by atoms with E-state index in [1.54, 1.807) is 0 Å². The molecule has 3 atom stereocenters. The van der Waals surface area contributed by atoms with Gasteiger partial charge in [0.25, 0.3) is 0 Å². The number of ether oxygens (including phenoxy) is 1. The Kier molecular flexibility index (Phi) is 5.43. The molecule has 0 unspecified atom stereocenters. The van der Waals surface area contributed by atoms with Crippen LogP contribution in [0.4, 0.5) is 0 Å². The lowest BCUT2D eigenvalue weighted by atomic mass is 9.41. The van der Waals surface area contributed by atoms with E-state index in [1.807, 2.05) is 6.07 Å². The minimum Gasteiger partial charge on any atom is -0.465 e. The maximum Gasteiger partial charge on any atom is 0.474 e. The number of benzene rings is 3. The summed E-state index contributed by atoms with van der Waals surface area (Å²) in [5.41, 5.74) is 4.69. The number of aromatic nitrogens is 1. The van der Waals surface area contributed by atoms with Crippen LogP contribution < -0.4 is 0 Å². The number of fused-ring (bicyclic) bond motifs is 4. The SMILES string of the molecule is CC1(C)OB([C@]2(c3ccccc3)c3c(n(Cc4ccccc4)c4ccccc34)C[C@H]3COC(=O)[C@@H]32)OC1(C)C. The Morgan fingerprint density at radius 3 is 2.15 bits per heavy atom. The molecule has 0 N–H and O–H groups in total. The van der Waals surface area contributed by atoms with Crippen LogP contribution in [0.3, 0.4) is 0 Å². The lowest BCUT2D eigenvalue weighted by molar-refractivity contribution is -0.142. The molecule has 2 saturated heterocycles. The first-order chi connectivity index (χ1) is 18.7. The molecule has 0 radical (unpaired) electrons. The fraction of sp³-hybridized carbons (Fsp3) is 0.364. The highest BCUT2D eigenvalue weighted by atomic mass is 16.7. The second kappa shape index (κ2) is 8.58. The van der Waals surface area contributed by atoms with E-state index in [-0.39, 0.29) is 11.9 Å². The van der Waals surface area contributed by atoms with Crippen LogP contribution in [0.25, 0.3) is 10.9 Å². The van der Waals surface area contributed by atoms with Gasteiger partial charge in [0.1, 0.15) is 0 Å². The van der Waals surface area contributed by atoms with Crippen LogP contribution >= 0.6 is 0 Å². The molecule has 5 nitrogen and oxygen atoms in total. The largest absolute Gasteiger partial charge is 0.474 e. The van der Waals surface area contributed by atoms with Crippen LogP contribution in [0.5, 0.6) is 0 Å². The fourth-order valence-electron chi connectivity index (χ4n) is 7.15. The molecule has 1 aliphatic carbocycles. The average molecular weight is 519 g/mol. The van der Waals surface area contributed by atoms with Crippen molar-refractivity contribution in [1.82, 2.24) is 4.57 Å². The second-order valence-electron chi connectivity index (χ2n) is 12.3. The third kappa shape index (κ3) is 3.44. The first-order valence-electron chi connectivity index (χ1n) is 14.0. The van der Waals surface area contributed by atoms with Crippen LogP contribution in [0.1, 0.15) is 50.1 Å². The van der Waals surface area contributed by atoms with Crippen molar-refractivity contribution in [3.8, 4) is 0 Å². The second-order valence-corrected chi connectivity index (χ2v) is 12.3. The standard InChI is InChI=1S/C33H34BNO4/c1-31(2)32(3,4)39-34(38-31)33(24-15-9-6-10-16-24)28-23(21-37-30(28)36)19-27-29(33)25-17-11-12-18-26(25)35(27)20-22-13-7-5-8-14-22/h5-18,23,28H,19-21H2,1-4H3/t23-,28+,33-/m0/s1. The molecule has 3 heterocycles. The van der Waals surface area contributed by atoms with Crippen molar-refractivity contribution in [3.63, 3.8) is 0 Å². The van der Waals surface area contributed by atoms with Crippen LogP contribution in [0, 0.1) is 11.8 Å². The summed E-state index contributed by atoms with van der Waals surface area (Å²) in [4.78, 5) is 13.8. The molecule has 6 heteroatoms. The van der Waals surface area contributed by atoms with E-state index in [4.69, 9.17) is 14.0 Å². The van der Waals surface area contributed by atoms with E-state index in [0.29, 0.717) is 6.61 Å². The molecule has 3 aliphatic rings. The molecule has 0 saturated carbocycles. The third-order valence-corrected chi connectivity index (χ3v) is 9.66. The first-order valence-corrected chi connectivity index (χ1v) is 14.0. The topological polar surface area (TPSA) is 49.7 Å². The van der Waals surface area contributed by atoms with E-state index >= 15 is 0 Å². The van der Waals surface area contributed by atoms with Gasteiger partial charge in [0.2, 0.25) is 0 Å². The molecule has 7 rings (SSSR count). The van der Waals surface area contributed by atoms with Gasteiger partial charge in [-0.2, -0.15) is 0 Å². The Bertz CT molecular complexity index is 1540. The van der Waals surface area contributed by atoms with E-state index in [2.05, 4.69) is 111 Å². The van der Waals surface area contributed by atoms with Crippen molar-refractivity contribution in [2.24, 2.45) is 11.8 Å². The van der Waals surface area contributed by atoms with Crippen molar-refractivity contribution in [2.75, 3.05) is 6.61 Å². The summed E-state index contributed by atoms with van der Waals surface area (Å²) in [5, 5.41) is 0.264. The third-order valence-electron chi connectivity index (χ3n) is 9.66. The Balaban J connectivity index is 1.58. The minimum absolute atomic E-state index is 0.0167. The van der Waals surface area contributed by atoms with E-state index in [9.17, 15) is 4.79 Å². The molecule has 198 valence electrons. The summed E-state index contributed by atoms with van der Waals surface area (Å²) in [6, 6.07) is 29.6. The summed E-state index contributed by atoms with van der Waals surface area (Å²) < 4.78 is 22.1. The predicted octanol–water partition coefficient (Wildman–Crippen LogP) is 5.95. The van der Waals surface area contributed by atoms with Gasteiger partial charge in [0, 0.05) is 29.1 Å². The smallest absolute Gasteiger partial charge is 0.465 e. The van der Waals surface area contributed by atoms with Crippen molar-refractivity contribution in [3.05, 3.63) is 107 Å². The number of esters is 1. The summed E-state index contributed by atoms with van der Waals surface area (Å²) in [6.07, 6.45) is 0.765. The minimum atomic E-state index is -0.875. The number of carbonyl (C=O) groups excluding carboxylic acids is 1. The quantitative estimate of drug-likeness (QED) is 0.247. The van der Waals surface area contributed by atoms with Gasteiger partial charge >= 0.3 is 13.1 Å². The zero-order chi connectivity index (χ0) is 27.0. The first kappa shape index (κ1) is 24.7. The van der Waals surface area contributed by atoms with Crippen LogP contribution in [-0.2, 0) is 37.1 Å². The van der Waals surface area contributed by atoms with Gasteiger partial charge in [-0.3, -0.25) is 4.79 Å². The molecule has 0 spiro atoms. The van der Waals surface area contributed by atoms with Gasteiger partial charge in [-0.15, -0.1) is 0 Å². The highest BCUT2D eigenvalue weighted by Gasteiger charge is 2.70. The molecule has 3 aromatic carbocycles. The summed E-state index contributed by atoms with van der Waals surface area (Å²) in [6.45, 7) is 9.48. The zero-order valence-corrected chi connectivity index (χ0v) is 23.0. The Morgan fingerprint density at radius 1 is 0.846 bits per heavy atom. The summed E-state index contributed by atoms with van der Waals surface area (Å²) >= 11 is 0. The molecule has 1 aromatic heterocycles. The number of rotatable bonds is 4. The van der Waals surface area contributed by atoms with Crippen molar-refractivity contribution in [2.45, 2.75) is 57.2 Å². The zero-order valence-electron chi connectivity index (χ0n) is 23.0. The van der Waals surface area contributed by atoms with E-state index < -0.39 is 29.6 Å². The Hall–Kier alpha value is -3.35. The van der Waals surface area contributed by atoms with Gasteiger partial charge < -0.3 is 18.6 Å². The molecule has 0 amide bonds. The van der Waals surface area contributed by atoms with Crippen molar-refractivity contribution < 1.29 is 18.8 Å². The Labute approximate surface area is 230 Å². The van der Waals surface area contributed by atoms with E-state index in [1.165, 1.54) is 11.3 Å². The molecule has 0 bridgehead atoms. The molecular weight excluding hydrogens is 485 g/mol. The van der Waals surface area contributed by atoms with Crippen LogP contribution in [0.15, 0.2) is 84.9 Å². The fourth-order valence-corrected chi connectivity index (χ4v) is 7.15. The van der Waals surface area contributed by atoms with Gasteiger partial charge in [0.05, 0.1) is 29.0 Å². The highest BCUT2D eigenvalue weighted by Crippen LogP contribution is 2.58. The number of hydrogen-bond donors (Lipinski definition) is 0. The normalized spacial score (nSPS) is 26.9. The maximum atomic E-state index is 13.8. The van der Waals surface area contributed by atoms with Crippen molar-refractivity contribution in [1.29, 1.82) is 0 Å². The van der Waals surface area contributed by atoms with Crippen LogP contribution in [-0.4, -0.2) is 35.5 Å². The number of carbonyl (C=O) groups is 1. The van der Waals surface area contributed by atoms with Gasteiger partial charge in [-0.25, -0.2) is 0 Å². The monoisotopic (exact) mass is 519 g/mol.